The van der Waals surface area contributed by atoms with E-state index in [2.05, 4.69) is 30.9 Å². The lowest BCUT2D eigenvalue weighted by atomic mass is 9.97. The maximum atomic E-state index is 6.09. The summed E-state index contributed by atoms with van der Waals surface area (Å²) in [5.41, 5.74) is 6.00. The van der Waals surface area contributed by atoms with Gasteiger partial charge in [0.05, 0.1) is 6.04 Å². The van der Waals surface area contributed by atoms with Gasteiger partial charge in [-0.1, -0.05) is 13.8 Å². The summed E-state index contributed by atoms with van der Waals surface area (Å²) < 4.78 is 6.09. The standard InChI is InChI=1S/C16H26N2O/c1-11-5-7-18(8-6-11)14(10-17)16-4-3-15(19-16)13-9-12(13)2/h3-4,11-14H,5-10,17H2,1-2H3. The summed E-state index contributed by atoms with van der Waals surface area (Å²) in [6, 6.07) is 4.59. The molecule has 1 aromatic rings. The lowest BCUT2D eigenvalue weighted by Gasteiger charge is -2.35. The van der Waals surface area contributed by atoms with Crippen LogP contribution in [0, 0.1) is 11.8 Å². The highest BCUT2D eigenvalue weighted by Gasteiger charge is 2.37. The van der Waals surface area contributed by atoms with E-state index in [1.54, 1.807) is 0 Å². The van der Waals surface area contributed by atoms with E-state index < -0.39 is 0 Å². The summed E-state index contributed by atoms with van der Waals surface area (Å²) in [6.07, 6.45) is 3.84. The minimum absolute atomic E-state index is 0.273. The Morgan fingerprint density at radius 3 is 2.58 bits per heavy atom. The molecule has 1 saturated heterocycles. The lowest BCUT2D eigenvalue weighted by molar-refractivity contribution is 0.126. The van der Waals surface area contributed by atoms with Gasteiger partial charge in [-0.2, -0.15) is 0 Å². The lowest BCUT2D eigenvalue weighted by Crippen LogP contribution is -2.39. The average Bonchev–Trinajstić information content (AvgIpc) is 2.95. The second-order valence-electron chi connectivity index (χ2n) is 6.53. The van der Waals surface area contributed by atoms with Gasteiger partial charge in [0.25, 0.3) is 0 Å². The van der Waals surface area contributed by atoms with Crippen molar-refractivity contribution in [2.24, 2.45) is 17.6 Å². The van der Waals surface area contributed by atoms with Crippen molar-refractivity contribution in [1.82, 2.24) is 4.90 Å². The second kappa shape index (κ2) is 5.29. The van der Waals surface area contributed by atoms with Gasteiger partial charge < -0.3 is 10.2 Å². The molecule has 0 spiro atoms. The smallest absolute Gasteiger partial charge is 0.122 e. The minimum Gasteiger partial charge on any atom is -0.464 e. The molecule has 3 nitrogen and oxygen atoms in total. The fourth-order valence-electron chi connectivity index (χ4n) is 3.25. The van der Waals surface area contributed by atoms with Crippen molar-refractivity contribution in [3.05, 3.63) is 23.7 Å². The summed E-state index contributed by atoms with van der Waals surface area (Å²) in [4.78, 5) is 2.50. The van der Waals surface area contributed by atoms with Crippen LogP contribution in [-0.4, -0.2) is 24.5 Å². The highest BCUT2D eigenvalue weighted by Crippen LogP contribution is 2.47. The fraction of sp³-hybridized carbons (Fsp3) is 0.750. The Hall–Kier alpha value is -0.800. The molecular formula is C16H26N2O. The molecule has 3 atom stereocenters. The monoisotopic (exact) mass is 262 g/mol. The van der Waals surface area contributed by atoms with E-state index in [0.29, 0.717) is 12.5 Å². The number of hydrogen-bond donors (Lipinski definition) is 1. The predicted molar refractivity (Wildman–Crippen MR) is 77.0 cm³/mol. The highest BCUT2D eigenvalue weighted by atomic mass is 16.3. The molecule has 0 radical (unpaired) electrons. The van der Waals surface area contributed by atoms with Crippen molar-refractivity contribution in [3.8, 4) is 0 Å². The van der Waals surface area contributed by atoms with Gasteiger partial charge in [0.15, 0.2) is 0 Å². The van der Waals surface area contributed by atoms with Crippen molar-refractivity contribution in [3.63, 3.8) is 0 Å². The number of hydrogen-bond acceptors (Lipinski definition) is 3. The van der Waals surface area contributed by atoms with Crippen LogP contribution >= 0.6 is 0 Å². The summed E-state index contributed by atoms with van der Waals surface area (Å²) in [5.74, 6) is 4.56. The highest BCUT2D eigenvalue weighted by molar-refractivity contribution is 5.19. The van der Waals surface area contributed by atoms with E-state index in [0.717, 1.165) is 30.7 Å². The third-order valence-corrected chi connectivity index (χ3v) is 4.93. The zero-order valence-corrected chi connectivity index (χ0v) is 12.1. The quantitative estimate of drug-likeness (QED) is 0.906. The number of nitrogens with zero attached hydrogens (tertiary/aromatic N) is 1. The van der Waals surface area contributed by atoms with Crippen LogP contribution in [0.2, 0.25) is 0 Å². The molecule has 3 rings (SSSR count). The molecule has 0 aromatic carbocycles. The molecule has 3 unspecified atom stereocenters. The van der Waals surface area contributed by atoms with Crippen LogP contribution in [0.15, 0.2) is 16.5 Å². The summed E-state index contributed by atoms with van der Waals surface area (Å²) >= 11 is 0. The first-order valence-corrected chi connectivity index (χ1v) is 7.72. The molecule has 2 aliphatic rings. The molecule has 1 aliphatic carbocycles. The molecule has 106 valence electrons. The average molecular weight is 262 g/mol. The Labute approximate surface area is 116 Å². The molecule has 3 heteroatoms. The topological polar surface area (TPSA) is 42.4 Å². The van der Waals surface area contributed by atoms with Crippen molar-refractivity contribution in [2.45, 2.75) is 45.1 Å². The van der Waals surface area contributed by atoms with Crippen molar-refractivity contribution >= 4 is 0 Å². The summed E-state index contributed by atoms with van der Waals surface area (Å²) in [6.45, 7) is 7.59. The molecule has 2 N–H and O–H groups in total. The first kappa shape index (κ1) is 13.2. The molecule has 19 heavy (non-hydrogen) atoms. The second-order valence-corrected chi connectivity index (χ2v) is 6.53. The van der Waals surface area contributed by atoms with Gasteiger partial charge in [0.2, 0.25) is 0 Å². The van der Waals surface area contributed by atoms with E-state index >= 15 is 0 Å². The van der Waals surface area contributed by atoms with Crippen molar-refractivity contribution in [1.29, 1.82) is 0 Å². The van der Waals surface area contributed by atoms with Crippen LogP contribution < -0.4 is 5.73 Å². The van der Waals surface area contributed by atoms with Gasteiger partial charge in [0, 0.05) is 12.5 Å². The van der Waals surface area contributed by atoms with Gasteiger partial charge in [-0.25, -0.2) is 0 Å². The third kappa shape index (κ3) is 2.72. The molecule has 1 saturated carbocycles. The number of furan rings is 1. The normalized spacial score (nSPS) is 30.5. The number of likely N-dealkylation sites (tertiary alicyclic amines) is 1. The number of rotatable bonds is 4. The van der Waals surface area contributed by atoms with Gasteiger partial charge >= 0.3 is 0 Å². The summed E-state index contributed by atoms with van der Waals surface area (Å²) in [7, 11) is 0. The summed E-state index contributed by atoms with van der Waals surface area (Å²) in [5, 5.41) is 0. The molecule has 1 aromatic heterocycles. The van der Waals surface area contributed by atoms with Gasteiger partial charge in [-0.3, -0.25) is 4.90 Å². The maximum absolute atomic E-state index is 6.09. The van der Waals surface area contributed by atoms with E-state index in [1.165, 1.54) is 25.0 Å². The van der Waals surface area contributed by atoms with Crippen LogP contribution in [0.25, 0.3) is 0 Å². The zero-order chi connectivity index (χ0) is 13.4. The zero-order valence-electron chi connectivity index (χ0n) is 12.1. The largest absolute Gasteiger partial charge is 0.464 e. The first-order valence-electron chi connectivity index (χ1n) is 7.72. The van der Waals surface area contributed by atoms with Crippen LogP contribution in [-0.2, 0) is 0 Å². The Morgan fingerprint density at radius 1 is 1.32 bits per heavy atom. The molecule has 2 heterocycles. The van der Waals surface area contributed by atoms with Crippen molar-refractivity contribution < 1.29 is 4.42 Å². The third-order valence-electron chi connectivity index (χ3n) is 4.93. The number of piperidine rings is 1. The van der Waals surface area contributed by atoms with Gasteiger partial charge in [-0.15, -0.1) is 0 Å². The van der Waals surface area contributed by atoms with Crippen molar-refractivity contribution in [2.75, 3.05) is 19.6 Å². The van der Waals surface area contributed by atoms with Crippen LogP contribution in [0.5, 0.6) is 0 Å². The Bertz CT molecular complexity index is 420. The molecule has 0 amide bonds. The van der Waals surface area contributed by atoms with E-state index in [4.69, 9.17) is 10.2 Å². The molecule has 2 fully saturated rings. The fourth-order valence-corrected chi connectivity index (χ4v) is 3.25. The minimum atomic E-state index is 0.273. The van der Waals surface area contributed by atoms with Gasteiger partial charge in [-0.05, 0) is 56.3 Å². The first-order chi connectivity index (χ1) is 9.19. The van der Waals surface area contributed by atoms with E-state index in [1.807, 2.05) is 0 Å². The van der Waals surface area contributed by atoms with E-state index in [-0.39, 0.29) is 6.04 Å². The van der Waals surface area contributed by atoms with Crippen LogP contribution in [0.4, 0.5) is 0 Å². The van der Waals surface area contributed by atoms with Crippen LogP contribution in [0.3, 0.4) is 0 Å². The number of nitrogens with two attached hydrogens (primary N) is 1. The van der Waals surface area contributed by atoms with Crippen LogP contribution in [0.1, 0.15) is 56.6 Å². The Balaban J connectivity index is 1.69. The maximum Gasteiger partial charge on any atom is 0.122 e. The Kier molecular flexibility index (Phi) is 3.68. The molecule has 0 bridgehead atoms. The predicted octanol–water partition coefficient (Wildman–Crippen LogP) is 3.13. The Morgan fingerprint density at radius 2 is 2.00 bits per heavy atom. The SMILES string of the molecule is CC1CCN(C(CN)c2ccc(C3CC3C)o2)CC1. The van der Waals surface area contributed by atoms with Gasteiger partial charge in [0.1, 0.15) is 11.5 Å². The van der Waals surface area contributed by atoms with E-state index in [9.17, 15) is 0 Å². The molecular weight excluding hydrogens is 236 g/mol. The molecule has 1 aliphatic heterocycles.